The molecule has 0 amide bonds. The van der Waals surface area contributed by atoms with E-state index >= 15 is 0 Å². The fraction of sp³-hybridized carbons (Fsp3) is 0.294. The standard InChI is InChI=1S/C17H20N2/c1-13(2)14-7-6-8-15(11-14)19-12-18(3)16-9-4-5-10-17(16)19/h4-11,13H,12H2,1-3H3. The van der Waals surface area contributed by atoms with Crippen LogP contribution in [-0.4, -0.2) is 13.7 Å². The van der Waals surface area contributed by atoms with Gasteiger partial charge >= 0.3 is 0 Å². The Hall–Kier alpha value is -1.96. The number of nitrogens with zero attached hydrogens (tertiary/aromatic N) is 2. The molecular weight excluding hydrogens is 232 g/mol. The lowest BCUT2D eigenvalue weighted by Crippen LogP contribution is -2.24. The lowest BCUT2D eigenvalue weighted by Gasteiger charge is -2.20. The van der Waals surface area contributed by atoms with E-state index in [-0.39, 0.29) is 0 Å². The molecule has 0 aromatic heterocycles. The van der Waals surface area contributed by atoms with Crippen molar-refractivity contribution in [3.05, 3.63) is 54.1 Å². The van der Waals surface area contributed by atoms with Crippen LogP contribution in [0.1, 0.15) is 25.3 Å². The molecule has 0 bridgehead atoms. The summed E-state index contributed by atoms with van der Waals surface area (Å²) < 4.78 is 0. The Labute approximate surface area is 115 Å². The molecule has 2 nitrogen and oxygen atoms in total. The number of para-hydroxylation sites is 2. The highest BCUT2D eigenvalue weighted by Crippen LogP contribution is 2.39. The van der Waals surface area contributed by atoms with Crippen molar-refractivity contribution in [2.75, 3.05) is 23.5 Å². The van der Waals surface area contributed by atoms with E-state index in [2.05, 4.69) is 79.2 Å². The van der Waals surface area contributed by atoms with Crippen LogP contribution in [-0.2, 0) is 0 Å². The zero-order valence-corrected chi connectivity index (χ0v) is 11.8. The first kappa shape index (κ1) is 12.1. The van der Waals surface area contributed by atoms with Crippen LogP contribution in [0.25, 0.3) is 0 Å². The number of benzene rings is 2. The van der Waals surface area contributed by atoms with Gasteiger partial charge in [0.15, 0.2) is 0 Å². The van der Waals surface area contributed by atoms with Gasteiger partial charge in [0.25, 0.3) is 0 Å². The first-order chi connectivity index (χ1) is 9.16. The molecule has 0 unspecified atom stereocenters. The second kappa shape index (κ2) is 4.61. The van der Waals surface area contributed by atoms with E-state index in [0.29, 0.717) is 5.92 Å². The molecule has 0 radical (unpaired) electrons. The van der Waals surface area contributed by atoms with Crippen LogP contribution in [0.5, 0.6) is 0 Å². The van der Waals surface area contributed by atoms with Crippen molar-refractivity contribution in [1.29, 1.82) is 0 Å². The predicted molar refractivity (Wildman–Crippen MR) is 82.4 cm³/mol. The maximum absolute atomic E-state index is 2.38. The summed E-state index contributed by atoms with van der Waals surface area (Å²) in [5.41, 5.74) is 5.27. The molecule has 1 aliphatic rings. The molecule has 2 aromatic carbocycles. The third-order valence-corrected chi connectivity index (χ3v) is 3.79. The Morgan fingerprint density at radius 3 is 2.42 bits per heavy atom. The molecule has 19 heavy (non-hydrogen) atoms. The minimum absolute atomic E-state index is 0.565. The molecule has 1 heterocycles. The van der Waals surface area contributed by atoms with Gasteiger partial charge in [-0.1, -0.05) is 38.1 Å². The second-order valence-electron chi connectivity index (χ2n) is 5.51. The van der Waals surface area contributed by atoms with Crippen molar-refractivity contribution in [3.8, 4) is 0 Å². The molecule has 1 aliphatic heterocycles. The molecular formula is C17H20N2. The number of hydrogen-bond acceptors (Lipinski definition) is 2. The number of anilines is 3. The Bertz CT molecular complexity index is 589. The molecule has 0 spiro atoms. The topological polar surface area (TPSA) is 6.48 Å². The molecule has 3 rings (SSSR count). The van der Waals surface area contributed by atoms with Crippen LogP contribution in [0.3, 0.4) is 0 Å². The molecule has 0 fully saturated rings. The molecule has 0 aliphatic carbocycles. The van der Waals surface area contributed by atoms with Crippen LogP contribution in [0, 0.1) is 0 Å². The Morgan fingerprint density at radius 1 is 0.947 bits per heavy atom. The lowest BCUT2D eigenvalue weighted by atomic mass is 10.0. The highest BCUT2D eigenvalue weighted by Gasteiger charge is 2.23. The van der Waals surface area contributed by atoms with Gasteiger partial charge in [0.05, 0.1) is 18.0 Å². The molecule has 2 aromatic rings. The number of fused-ring (bicyclic) bond motifs is 1. The number of rotatable bonds is 2. The second-order valence-corrected chi connectivity index (χ2v) is 5.51. The van der Waals surface area contributed by atoms with Crippen molar-refractivity contribution in [3.63, 3.8) is 0 Å². The summed E-state index contributed by atoms with van der Waals surface area (Å²) in [6.07, 6.45) is 0. The number of hydrogen-bond donors (Lipinski definition) is 0. The summed E-state index contributed by atoms with van der Waals surface area (Å²) in [6.45, 7) is 5.40. The molecule has 2 heteroatoms. The predicted octanol–water partition coefficient (Wildman–Crippen LogP) is 4.36. The fourth-order valence-corrected chi connectivity index (χ4v) is 2.65. The quantitative estimate of drug-likeness (QED) is 0.783. The summed E-state index contributed by atoms with van der Waals surface area (Å²) in [4.78, 5) is 4.67. The SMILES string of the molecule is CC(C)c1cccc(N2CN(C)c3ccccc32)c1. The van der Waals surface area contributed by atoms with E-state index in [4.69, 9.17) is 0 Å². The van der Waals surface area contributed by atoms with Crippen LogP contribution in [0.4, 0.5) is 17.1 Å². The van der Waals surface area contributed by atoms with Crippen molar-refractivity contribution in [2.24, 2.45) is 0 Å². The van der Waals surface area contributed by atoms with Gasteiger partial charge in [0, 0.05) is 12.7 Å². The molecule has 0 saturated carbocycles. The van der Waals surface area contributed by atoms with Gasteiger partial charge < -0.3 is 9.80 Å². The van der Waals surface area contributed by atoms with E-state index in [1.165, 1.54) is 22.6 Å². The fourth-order valence-electron chi connectivity index (χ4n) is 2.65. The maximum Gasteiger partial charge on any atom is 0.0950 e. The lowest BCUT2D eigenvalue weighted by molar-refractivity contribution is 0.863. The van der Waals surface area contributed by atoms with Crippen LogP contribution >= 0.6 is 0 Å². The van der Waals surface area contributed by atoms with Crippen LogP contribution < -0.4 is 9.80 Å². The monoisotopic (exact) mass is 252 g/mol. The summed E-state index contributed by atoms with van der Waals surface area (Å²) >= 11 is 0. The van der Waals surface area contributed by atoms with Crippen molar-refractivity contribution < 1.29 is 0 Å². The Morgan fingerprint density at radius 2 is 1.68 bits per heavy atom. The third-order valence-electron chi connectivity index (χ3n) is 3.79. The van der Waals surface area contributed by atoms with Gasteiger partial charge in [-0.2, -0.15) is 0 Å². The zero-order valence-electron chi connectivity index (χ0n) is 11.8. The largest absolute Gasteiger partial charge is 0.355 e. The van der Waals surface area contributed by atoms with Crippen molar-refractivity contribution in [1.82, 2.24) is 0 Å². The third kappa shape index (κ3) is 2.07. The minimum atomic E-state index is 0.565. The maximum atomic E-state index is 2.38. The van der Waals surface area contributed by atoms with Gasteiger partial charge in [0.2, 0.25) is 0 Å². The molecule has 0 saturated heterocycles. The minimum Gasteiger partial charge on any atom is -0.355 e. The van der Waals surface area contributed by atoms with E-state index in [0.717, 1.165) is 6.67 Å². The summed E-state index contributed by atoms with van der Waals surface area (Å²) in [5, 5.41) is 0. The smallest absolute Gasteiger partial charge is 0.0950 e. The average molecular weight is 252 g/mol. The van der Waals surface area contributed by atoms with E-state index in [1.807, 2.05) is 0 Å². The highest BCUT2D eigenvalue weighted by atomic mass is 15.4. The molecule has 0 atom stereocenters. The Kier molecular flexibility index (Phi) is 2.94. The average Bonchev–Trinajstić information content (AvgIpc) is 2.77. The Balaban J connectivity index is 2.02. The van der Waals surface area contributed by atoms with Crippen molar-refractivity contribution >= 4 is 17.1 Å². The zero-order chi connectivity index (χ0) is 13.4. The highest BCUT2D eigenvalue weighted by molar-refractivity contribution is 5.82. The summed E-state index contributed by atoms with van der Waals surface area (Å²) in [5.74, 6) is 0.565. The van der Waals surface area contributed by atoms with E-state index in [9.17, 15) is 0 Å². The first-order valence-corrected chi connectivity index (χ1v) is 6.84. The molecule has 98 valence electrons. The first-order valence-electron chi connectivity index (χ1n) is 6.84. The summed E-state index contributed by atoms with van der Waals surface area (Å²) in [7, 11) is 2.14. The van der Waals surface area contributed by atoms with Crippen molar-refractivity contribution in [2.45, 2.75) is 19.8 Å². The van der Waals surface area contributed by atoms with E-state index in [1.54, 1.807) is 0 Å². The van der Waals surface area contributed by atoms with Gasteiger partial charge in [-0.25, -0.2) is 0 Å². The van der Waals surface area contributed by atoms with Crippen LogP contribution in [0.2, 0.25) is 0 Å². The van der Waals surface area contributed by atoms with Gasteiger partial charge in [0.1, 0.15) is 0 Å². The van der Waals surface area contributed by atoms with E-state index < -0.39 is 0 Å². The van der Waals surface area contributed by atoms with Gasteiger partial charge in [-0.05, 0) is 35.7 Å². The van der Waals surface area contributed by atoms with Gasteiger partial charge in [-0.3, -0.25) is 0 Å². The van der Waals surface area contributed by atoms with Crippen LogP contribution in [0.15, 0.2) is 48.5 Å². The van der Waals surface area contributed by atoms with Gasteiger partial charge in [-0.15, -0.1) is 0 Å². The summed E-state index contributed by atoms with van der Waals surface area (Å²) in [6, 6.07) is 17.5. The normalized spacial score (nSPS) is 14.1. The molecule has 0 N–H and O–H groups in total.